The molecule has 0 amide bonds. The van der Waals surface area contributed by atoms with E-state index < -0.39 is 11.9 Å². The number of halogens is 3. The van der Waals surface area contributed by atoms with Gasteiger partial charge in [0.2, 0.25) is 5.13 Å². The molecule has 1 saturated heterocycles. The minimum Gasteiger partial charge on any atom is -0.376 e. The summed E-state index contributed by atoms with van der Waals surface area (Å²) in [5.74, 6) is 0.177. The Hall–Kier alpha value is -1.66. The lowest BCUT2D eigenvalue weighted by atomic mass is 10.2. The highest BCUT2D eigenvalue weighted by molar-refractivity contribution is 8.00. The summed E-state index contributed by atoms with van der Waals surface area (Å²) in [4.78, 5) is 9.23. The molecule has 1 aliphatic heterocycles. The Morgan fingerprint density at radius 2 is 2.15 bits per heavy atom. The summed E-state index contributed by atoms with van der Waals surface area (Å²) in [6, 6.07) is 0.915. The van der Waals surface area contributed by atoms with Crippen molar-refractivity contribution in [3.8, 4) is 0 Å². The van der Waals surface area contributed by atoms with E-state index in [0.717, 1.165) is 37.3 Å². The number of ether oxygens (including phenoxy) is 1. The van der Waals surface area contributed by atoms with Gasteiger partial charge in [-0.3, -0.25) is 0 Å². The molecule has 26 heavy (non-hydrogen) atoms. The predicted octanol–water partition coefficient (Wildman–Crippen LogP) is 3.16. The fourth-order valence-corrected chi connectivity index (χ4v) is 3.87. The van der Waals surface area contributed by atoms with Crippen LogP contribution in [0.3, 0.4) is 0 Å². The molecule has 1 unspecified atom stereocenters. The van der Waals surface area contributed by atoms with Crippen LogP contribution in [0, 0.1) is 0 Å². The normalized spacial score (nSPS) is 17.5. The Morgan fingerprint density at radius 1 is 1.35 bits per heavy atom. The second kappa shape index (κ2) is 7.92. The highest BCUT2D eigenvalue weighted by Crippen LogP contribution is 2.34. The van der Waals surface area contributed by atoms with Gasteiger partial charge in [0, 0.05) is 33.3 Å². The van der Waals surface area contributed by atoms with E-state index in [1.54, 1.807) is 14.1 Å². The number of hydrogen-bond acceptors (Lipinski definition) is 9. The van der Waals surface area contributed by atoms with Crippen LogP contribution in [0.2, 0.25) is 0 Å². The van der Waals surface area contributed by atoms with Gasteiger partial charge < -0.3 is 15.0 Å². The maximum atomic E-state index is 13.0. The number of alkyl halides is 3. The van der Waals surface area contributed by atoms with Crippen molar-refractivity contribution in [3.63, 3.8) is 0 Å². The number of nitrogens with zero attached hydrogens (tertiary/aromatic N) is 5. The van der Waals surface area contributed by atoms with Crippen LogP contribution >= 0.6 is 23.1 Å². The highest BCUT2D eigenvalue weighted by atomic mass is 32.2. The van der Waals surface area contributed by atoms with E-state index in [4.69, 9.17) is 4.74 Å². The van der Waals surface area contributed by atoms with Crippen molar-refractivity contribution in [2.75, 3.05) is 37.5 Å². The Balaban J connectivity index is 1.70. The summed E-state index contributed by atoms with van der Waals surface area (Å²) >= 11 is 2.19. The molecule has 2 aromatic rings. The molecule has 3 rings (SSSR count). The minimum absolute atomic E-state index is 0.0228. The largest absolute Gasteiger partial charge is 0.433 e. The molecule has 12 heteroatoms. The first-order valence-electron chi connectivity index (χ1n) is 7.81. The van der Waals surface area contributed by atoms with Crippen LogP contribution in [0.1, 0.15) is 18.5 Å². The zero-order valence-corrected chi connectivity index (χ0v) is 15.7. The Morgan fingerprint density at radius 3 is 2.81 bits per heavy atom. The van der Waals surface area contributed by atoms with Crippen molar-refractivity contribution in [1.82, 2.24) is 20.2 Å². The number of aromatic nitrogens is 4. The number of nitrogens with one attached hydrogen (secondary N) is 1. The predicted molar refractivity (Wildman–Crippen MR) is 92.9 cm³/mol. The van der Waals surface area contributed by atoms with E-state index in [9.17, 15) is 13.2 Å². The lowest BCUT2D eigenvalue weighted by Crippen LogP contribution is -2.18. The zero-order valence-electron chi connectivity index (χ0n) is 14.1. The van der Waals surface area contributed by atoms with Crippen LogP contribution in [-0.2, 0) is 10.9 Å². The SMILES string of the molecule is CN(C)c1cc(C(F)(F)F)nc(Sc2nnc(NCC3CCCO3)s2)n1. The van der Waals surface area contributed by atoms with Gasteiger partial charge in [-0.15, -0.1) is 10.2 Å². The number of rotatable bonds is 6. The molecule has 7 nitrogen and oxygen atoms in total. The quantitative estimate of drug-likeness (QED) is 0.734. The number of hydrogen-bond donors (Lipinski definition) is 1. The third-order valence-corrected chi connectivity index (χ3v) is 5.33. The molecule has 0 saturated carbocycles. The molecular weight excluding hydrogens is 389 g/mol. The van der Waals surface area contributed by atoms with Crippen LogP contribution in [-0.4, -0.2) is 53.5 Å². The summed E-state index contributed by atoms with van der Waals surface area (Å²) in [6.45, 7) is 1.40. The van der Waals surface area contributed by atoms with Gasteiger partial charge in [-0.1, -0.05) is 11.3 Å². The lowest BCUT2D eigenvalue weighted by molar-refractivity contribution is -0.141. The van der Waals surface area contributed by atoms with Gasteiger partial charge in [-0.2, -0.15) is 13.2 Å². The van der Waals surface area contributed by atoms with Crippen LogP contribution in [0.5, 0.6) is 0 Å². The van der Waals surface area contributed by atoms with Gasteiger partial charge in [-0.25, -0.2) is 9.97 Å². The average Bonchev–Trinajstić information content (AvgIpc) is 3.23. The summed E-state index contributed by atoms with van der Waals surface area (Å²) in [5.41, 5.74) is -0.986. The van der Waals surface area contributed by atoms with Crippen LogP contribution in [0.4, 0.5) is 24.1 Å². The van der Waals surface area contributed by atoms with E-state index in [-0.39, 0.29) is 17.1 Å². The van der Waals surface area contributed by atoms with Gasteiger partial charge in [0.1, 0.15) is 5.82 Å². The third-order valence-electron chi connectivity index (χ3n) is 3.53. The zero-order chi connectivity index (χ0) is 18.7. The first-order chi connectivity index (χ1) is 12.3. The van der Waals surface area contributed by atoms with E-state index in [2.05, 4.69) is 25.5 Å². The highest BCUT2D eigenvalue weighted by Gasteiger charge is 2.34. The fourth-order valence-electron chi connectivity index (χ4n) is 2.24. The number of anilines is 2. The summed E-state index contributed by atoms with van der Waals surface area (Å²) in [6.07, 6.45) is -2.34. The van der Waals surface area contributed by atoms with E-state index in [1.807, 2.05) is 0 Å². The molecule has 2 aromatic heterocycles. The first-order valence-corrected chi connectivity index (χ1v) is 9.45. The summed E-state index contributed by atoms with van der Waals surface area (Å²) in [7, 11) is 3.24. The Bertz CT molecular complexity index is 749. The standard InChI is InChI=1S/C14H17F3N6OS2/c1-23(2)10-6-9(14(15,16)17)19-12(20-10)26-13-22-21-11(25-13)18-7-8-4-3-5-24-8/h6,8H,3-5,7H2,1-2H3,(H,18,21). The molecule has 1 aliphatic rings. The van der Waals surface area contributed by atoms with Crippen molar-refractivity contribution in [2.24, 2.45) is 0 Å². The topological polar surface area (TPSA) is 76.1 Å². The van der Waals surface area contributed by atoms with Gasteiger partial charge in [-0.05, 0) is 24.6 Å². The maximum absolute atomic E-state index is 13.0. The molecule has 0 radical (unpaired) electrons. The lowest BCUT2D eigenvalue weighted by Gasteiger charge is -2.14. The van der Waals surface area contributed by atoms with Crippen molar-refractivity contribution in [1.29, 1.82) is 0 Å². The van der Waals surface area contributed by atoms with Crippen molar-refractivity contribution in [2.45, 2.75) is 34.6 Å². The van der Waals surface area contributed by atoms with Gasteiger partial charge in [0.05, 0.1) is 6.10 Å². The second-order valence-electron chi connectivity index (χ2n) is 5.78. The fraction of sp³-hybridized carbons (Fsp3) is 0.571. The molecule has 0 aliphatic carbocycles. The summed E-state index contributed by atoms with van der Waals surface area (Å²) < 4.78 is 45.1. The smallest absolute Gasteiger partial charge is 0.376 e. The van der Waals surface area contributed by atoms with E-state index >= 15 is 0 Å². The Kier molecular flexibility index (Phi) is 5.82. The van der Waals surface area contributed by atoms with Crippen molar-refractivity contribution < 1.29 is 17.9 Å². The Labute approximate surface area is 156 Å². The molecule has 1 atom stereocenters. The van der Waals surface area contributed by atoms with Crippen molar-refractivity contribution >= 4 is 34.0 Å². The minimum atomic E-state index is -4.54. The monoisotopic (exact) mass is 406 g/mol. The van der Waals surface area contributed by atoms with Crippen molar-refractivity contribution in [3.05, 3.63) is 11.8 Å². The molecular formula is C14H17F3N6OS2. The van der Waals surface area contributed by atoms with Gasteiger partial charge in [0.15, 0.2) is 15.2 Å². The second-order valence-corrected chi connectivity index (χ2v) is 7.97. The molecule has 1 fully saturated rings. The molecule has 0 bridgehead atoms. The maximum Gasteiger partial charge on any atom is 0.433 e. The average molecular weight is 406 g/mol. The van der Waals surface area contributed by atoms with Gasteiger partial charge in [0.25, 0.3) is 0 Å². The molecule has 1 N–H and O–H groups in total. The first kappa shape index (κ1) is 19.1. The van der Waals surface area contributed by atoms with Crippen LogP contribution in [0.15, 0.2) is 15.6 Å². The molecule has 3 heterocycles. The molecule has 142 valence electrons. The van der Waals surface area contributed by atoms with Crippen LogP contribution in [0.25, 0.3) is 0 Å². The molecule has 0 spiro atoms. The van der Waals surface area contributed by atoms with E-state index in [0.29, 0.717) is 16.0 Å². The van der Waals surface area contributed by atoms with Gasteiger partial charge >= 0.3 is 6.18 Å². The third kappa shape index (κ3) is 4.95. The van der Waals surface area contributed by atoms with Crippen LogP contribution < -0.4 is 10.2 Å². The molecule has 0 aromatic carbocycles. The van der Waals surface area contributed by atoms with E-state index in [1.165, 1.54) is 16.2 Å². The summed E-state index contributed by atoms with van der Waals surface area (Å²) in [5, 5.41) is 11.7.